The summed E-state index contributed by atoms with van der Waals surface area (Å²) in [6.45, 7) is 0. The second-order valence-electron chi connectivity index (χ2n) is 4.63. The Hall–Kier alpha value is -1.64. The van der Waals surface area contributed by atoms with Crippen molar-refractivity contribution in [2.75, 3.05) is 4.72 Å². The minimum absolute atomic E-state index is 0.0766. The second-order valence-corrected chi connectivity index (χ2v) is 7.17. The number of benzene rings is 2. The first-order chi connectivity index (χ1) is 11.1. The zero-order valence-corrected chi connectivity index (χ0v) is 14.1. The summed E-state index contributed by atoms with van der Waals surface area (Å²) in [4.78, 5) is 0. The molecule has 10 heteroatoms. The summed E-state index contributed by atoms with van der Waals surface area (Å²) >= 11 is 11.8. The predicted molar refractivity (Wildman–Crippen MR) is 85.8 cm³/mol. The van der Waals surface area contributed by atoms with Crippen LogP contribution in [-0.4, -0.2) is 14.8 Å². The van der Waals surface area contributed by atoms with Gasteiger partial charge in [-0.1, -0.05) is 29.3 Å². The van der Waals surface area contributed by atoms with E-state index in [-0.39, 0.29) is 21.3 Å². The SMILES string of the molecule is O=S(=O)(Cc1c(Cl)cccc1Cl)Nc1ccc(OC(F)(F)F)cc1. The molecule has 0 heterocycles. The number of alkyl halides is 3. The van der Waals surface area contributed by atoms with E-state index in [0.29, 0.717) is 0 Å². The number of nitrogens with one attached hydrogen (secondary N) is 1. The molecule has 0 saturated carbocycles. The first-order valence-electron chi connectivity index (χ1n) is 6.35. The first-order valence-corrected chi connectivity index (χ1v) is 8.76. The molecule has 0 saturated heterocycles. The maximum absolute atomic E-state index is 12.1. The molecule has 0 atom stereocenters. The molecule has 4 nitrogen and oxygen atoms in total. The van der Waals surface area contributed by atoms with E-state index in [1.165, 1.54) is 12.1 Å². The summed E-state index contributed by atoms with van der Waals surface area (Å²) in [6.07, 6.45) is -4.82. The summed E-state index contributed by atoms with van der Waals surface area (Å²) in [5, 5.41) is 0.392. The van der Waals surface area contributed by atoms with E-state index in [0.717, 1.165) is 24.3 Å². The van der Waals surface area contributed by atoms with Crippen molar-refractivity contribution in [3.8, 4) is 5.75 Å². The van der Waals surface area contributed by atoms with Gasteiger partial charge in [0, 0.05) is 21.3 Å². The summed E-state index contributed by atoms with van der Waals surface area (Å²) in [5.74, 6) is -0.939. The van der Waals surface area contributed by atoms with Crippen LogP contribution in [0, 0.1) is 0 Å². The molecule has 1 N–H and O–H groups in total. The molecule has 0 bridgehead atoms. The molecule has 130 valence electrons. The van der Waals surface area contributed by atoms with Crippen LogP contribution in [0.5, 0.6) is 5.75 Å². The molecule has 2 aromatic carbocycles. The highest BCUT2D eigenvalue weighted by atomic mass is 35.5. The monoisotopic (exact) mass is 399 g/mol. The Morgan fingerprint density at radius 1 is 1.00 bits per heavy atom. The number of hydrogen-bond donors (Lipinski definition) is 1. The van der Waals surface area contributed by atoms with E-state index in [2.05, 4.69) is 9.46 Å². The fraction of sp³-hybridized carbons (Fsp3) is 0.143. The molecule has 2 aromatic rings. The summed E-state index contributed by atoms with van der Waals surface area (Å²) < 4.78 is 66.4. The Bertz CT molecular complexity index is 804. The van der Waals surface area contributed by atoms with Crippen molar-refractivity contribution < 1.29 is 26.3 Å². The van der Waals surface area contributed by atoms with Crippen molar-refractivity contribution in [3.63, 3.8) is 0 Å². The minimum Gasteiger partial charge on any atom is -0.406 e. The molecule has 0 aliphatic heterocycles. The average molecular weight is 400 g/mol. The molecule has 0 radical (unpaired) electrons. The maximum Gasteiger partial charge on any atom is 0.573 e. The van der Waals surface area contributed by atoms with Crippen molar-refractivity contribution in [3.05, 3.63) is 58.1 Å². The third-order valence-corrected chi connectivity index (χ3v) is 4.68. The number of anilines is 1. The van der Waals surface area contributed by atoms with Crippen LogP contribution in [0.15, 0.2) is 42.5 Å². The van der Waals surface area contributed by atoms with E-state index in [4.69, 9.17) is 23.2 Å². The highest BCUT2D eigenvalue weighted by Crippen LogP contribution is 2.28. The maximum atomic E-state index is 12.1. The molecule has 0 fully saturated rings. The lowest BCUT2D eigenvalue weighted by molar-refractivity contribution is -0.274. The molecule has 0 aliphatic carbocycles. The largest absolute Gasteiger partial charge is 0.573 e. The number of sulfonamides is 1. The lowest BCUT2D eigenvalue weighted by Crippen LogP contribution is -2.17. The van der Waals surface area contributed by atoms with Crippen molar-refractivity contribution in [1.29, 1.82) is 0 Å². The van der Waals surface area contributed by atoms with Gasteiger partial charge >= 0.3 is 6.36 Å². The minimum atomic E-state index is -4.82. The Morgan fingerprint density at radius 3 is 2.04 bits per heavy atom. The van der Waals surface area contributed by atoms with Gasteiger partial charge in [-0.3, -0.25) is 4.72 Å². The highest BCUT2D eigenvalue weighted by Gasteiger charge is 2.31. The van der Waals surface area contributed by atoms with Gasteiger partial charge in [-0.2, -0.15) is 0 Å². The standard InChI is InChI=1S/C14H10Cl2F3NO3S/c15-12-2-1-3-13(16)11(12)8-24(21,22)20-9-4-6-10(7-5-9)23-14(17,18)19/h1-7,20H,8H2. The van der Waals surface area contributed by atoms with Gasteiger partial charge in [0.2, 0.25) is 10.0 Å². The Balaban J connectivity index is 2.12. The molecule has 0 amide bonds. The molecule has 0 unspecified atom stereocenters. The van der Waals surface area contributed by atoms with Crippen LogP contribution < -0.4 is 9.46 Å². The second kappa shape index (κ2) is 7.08. The number of ether oxygens (including phenoxy) is 1. The number of halogens is 5. The number of rotatable bonds is 5. The quantitative estimate of drug-likeness (QED) is 0.782. The Morgan fingerprint density at radius 2 is 1.54 bits per heavy atom. The van der Waals surface area contributed by atoms with E-state index >= 15 is 0 Å². The third-order valence-electron chi connectivity index (χ3n) is 2.76. The molecule has 0 aliphatic rings. The fourth-order valence-electron chi connectivity index (χ4n) is 1.80. The lowest BCUT2D eigenvalue weighted by Gasteiger charge is -2.12. The van der Waals surface area contributed by atoms with E-state index in [1.807, 2.05) is 0 Å². The summed E-state index contributed by atoms with van der Waals surface area (Å²) in [5.41, 5.74) is 0.304. The Kier molecular flexibility index (Phi) is 5.52. The molecule has 0 spiro atoms. The van der Waals surface area contributed by atoms with Gasteiger partial charge in [-0.25, -0.2) is 8.42 Å². The summed E-state index contributed by atoms with van der Waals surface area (Å²) in [7, 11) is -3.86. The van der Waals surface area contributed by atoms with E-state index in [9.17, 15) is 21.6 Å². The van der Waals surface area contributed by atoms with Gasteiger partial charge in [-0.15, -0.1) is 13.2 Å². The van der Waals surface area contributed by atoms with Gasteiger partial charge in [0.05, 0.1) is 5.75 Å². The normalized spacial score (nSPS) is 12.0. The molecule has 0 aromatic heterocycles. The zero-order valence-electron chi connectivity index (χ0n) is 11.8. The molecule has 2 rings (SSSR count). The van der Waals surface area contributed by atoms with E-state index < -0.39 is 27.9 Å². The van der Waals surface area contributed by atoms with Crippen molar-refractivity contribution >= 4 is 38.9 Å². The average Bonchev–Trinajstić information content (AvgIpc) is 2.43. The first kappa shape index (κ1) is 18.7. The molecular formula is C14H10Cl2F3NO3S. The number of hydrogen-bond acceptors (Lipinski definition) is 3. The van der Waals surface area contributed by atoms with Crippen LogP contribution in [0.2, 0.25) is 10.0 Å². The van der Waals surface area contributed by atoms with Crippen LogP contribution in [0.3, 0.4) is 0 Å². The van der Waals surface area contributed by atoms with Crippen LogP contribution >= 0.6 is 23.2 Å². The lowest BCUT2D eigenvalue weighted by atomic mass is 10.2. The highest BCUT2D eigenvalue weighted by molar-refractivity contribution is 7.91. The third kappa shape index (κ3) is 5.47. The van der Waals surface area contributed by atoms with Crippen LogP contribution in [0.4, 0.5) is 18.9 Å². The molecule has 24 heavy (non-hydrogen) atoms. The summed E-state index contributed by atoms with van der Waals surface area (Å²) in [6, 6.07) is 8.86. The van der Waals surface area contributed by atoms with Gasteiger partial charge in [-0.05, 0) is 36.4 Å². The predicted octanol–water partition coefficient (Wildman–Crippen LogP) is 4.83. The van der Waals surface area contributed by atoms with Crippen molar-refractivity contribution in [1.82, 2.24) is 0 Å². The van der Waals surface area contributed by atoms with Gasteiger partial charge in [0.15, 0.2) is 0 Å². The van der Waals surface area contributed by atoms with Crippen LogP contribution in [0.25, 0.3) is 0 Å². The van der Waals surface area contributed by atoms with Crippen molar-refractivity contribution in [2.24, 2.45) is 0 Å². The van der Waals surface area contributed by atoms with E-state index in [1.54, 1.807) is 6.07 Å². The smallest absolute Gasteiger partial charge is 0.406 e. The van der Waals surface area contributed by atoms with Gasteiger partial charge in [0.1, 0.15) is 5.75 Å². The van der Waals surface area contributed by atoms with Crippen LogP contribution in [0.1, 0.15) is 5.56 Å². The zero-order chi connectivity index (χ0) is 18.0. The Labute approximate surface area is 146 Å². The topological polar surface area (TPSA) is 55.4 Å². The van der Waals surface area contributed by atoms with Crippen molar-refractivity contribution in [2.45, 2.75) is 12.1 Å². The fourth-order valence-corrected chi connectivity index (χ4v) is 3.75. The molecular weight excluding hydrogens is 390 g/mol. The van der Waals surface area contributed by atoms with Gasteiger partial charge in [0.25, 0.3) is 0 Å². The van der Waals surface area contributed by atoms with Gasteiger partial charge < -0.3 is 4.74 Å². The van der Waals surface area contributed by atoms with Crippen LogP contribution in [-0.2, 0) is 15.8 Å².